The first-order chi connectivity index (χ1) is 11.3. The van der Waals surface area contributed by atoms with Crippen molar-refractivity contribution in [2.75, 3.05) is 14.2 Å². The Hall–Kier alpha value is -2.86. The van der Waals surface area contributed by atoms with Crippen molar-refractivity contribution >= 4 is 0 Å². The Labute approximate surface area is 134 Å². The zero-order chi connectivity index (χ0) is 16.2. The van der Waals surface area contributed by atoms with E-state index >= 15 is 0 Å². The quantitative estimate of drug-likeness (QED) is 0.783. The van der Waals surface area contributed by atoms with Crippen LogP contribution in [0.15, 0.2) is 48.5 Å². The van der Waals surface area contributed by atoms with Crippen molar-refractivity contribution in [2.45, 2.75) is 6.54 Å². The van der Waals surface area contributed by atoms with Crippen LogP contribution in [0.2, 0.25) is 0 Å². The largest absolute Gasteiger partial charge is 0.493 e. The first kappa shape index (κ1) is 15.1. The van der Waals surface area contributed by atoms with E-state index in [2.05, 4.69) is 10.3 Å². The highest BCUT2D eigenvalue weighted by Gasteiger charge is 2.17. The molecule has 0 aliphatic heterocycles. The lowest BCUT2D eigenvalue weighted by atomic mass is 10.1. The minimum Gasteiger partial charge on any atom is -0.493 e. The normalized spacial score (nSPS) is 10.6. The third-order valence-corrected chi connectivity index (χ3v) is 3.59. The van der Waals surface area contributed by atoms with E-state index < -0.39 is 0 Å². The second-order valence-corrected chi connectivity index (χ2v) is 4.91. The summed E-state index contributed by atoms with van der Waals surface area (Å²) in [6, 6.07) is 15.5. The maximum atomic E-state index is 5.83. The third kappa shape index (κ3) is 2.76. The summed E-state index contributed by atoms with van der Waals surface area (Å²) in [7, 11) is 3.22. The summed E-state index contributed by atoms with van der Waals surface area (Å²) < 4.78 is 12.5. The fraction of sp³-hybridized carbons (Fsp3) is 0.176. The van der Waals surface area contributed by atoms with Crippen LogP contribution in [-0.4, -0.2) is 29.2 Å². The molecule has 0 fully saturated rings. The van der Waals surface area contributed by atoms with Gasteiger partial charge in [0, 0.05) is 12.1 Å². The fourth-order valence-corrected chi connectivity index (χ4v) is 2.47. The van der Waals surface area contributed by atoms with E-state index in [1.165, 1.54) is 0 Å². The lowest BCUT2D eigenvalue weighted by Crippen LogP contribution is -2.03. The van der Waals surface area contributed by atoms with E-state index in [4.69, 9.17) is 15.2 Å². The number of para-hydroxylation sites is 1. The predicted octanol–water partition coefficient (Wildman–Crippen LogP) is 2.41. The maximum absolute atomic E-state index is 5.83. The van der Waals surface area contributed by atoms with Crippen LogP contribution in [0.25, 0.3) is 16.9 Å². The van der Waals surface area contributed by atoms with Crippen LogP contribution in [-0.2, 0) is 6.54 Å². The third-order valence-electron chi connectivity index (χ3n) is 3.59. The first-order valence-corrected chi connectivity index (χ1v) is 7.21. The molecule has 0 aliphatic carbocycles. The van der Waals surface area contributed by atoms with Gasteiger partial charge in [0.05, 0.1) is 25.6 Å². The van der Waals surface area contributed by atoms with Crippen LogP contribution in [0.5, 0.6) is 11.5 Å². The molecule has 0 amide bonds. The maximum Gasteiger partial charge on any atom is 0.161 e. The van der Waals surface area contributed by atoms with E-state index in [9.17, 15) is 0 Å². The molecule has 6 heteroatoms. The van der Waals surface area contributed by atoms with Gasteiger partial charge in [-0.15, -0.1) is 5.10 Å². The van der Waals surface area contributed by atoms with Crippen molar-refractivity contribution in [1.82, 2.24) is 15.0 Å². The molecule has 3 aromatic rings. The lowest BCUT2D eigenvalue weighted by molar-refractivity contribution is 0.355. The minimum absolute atomic E-state index is 0.302. The summed E-state index contributed by atoms with van der Waals surface area (Å²) in [6.45, 7) is 0.302. The van der Waals surface area contributed by atoms with Crippen LogP contribution in [0, 0.1) is 0 Å². The molecule has 1 heterocycles. The number of aromatic nitrogens is 3. The van der Waals surface area contributed by atoms with Crippen molar-refractivity contribution < 1.29 is 9.47 Å². The predicted molar refractivity (Wildman–Crippen MR) is 87.8 cm³/mol. The molecule has 2 N–H and O–H groups in total. The smallest absolute Gasteiger partial charge is 0.161 e. The Morgan fingerprint density at radius 2 is 1.74 bits per heavy atom. The second kappa shape index (κ2) is 6.50. The molecule has 0 bridgehead atoms. The number of rotatable bonds is 5. The highest BCUT2D eigenvalue weighted by molar-refractivity contribution is 5.68. The van der Waals surface area contributed by atoms with Gasteiger partial charge in [0.1, 0.15) is 5.69 Å². The summed E-state index contributed by atoms with van der Waals surface area (Å²) in [5.41, 5.74) is 9.24. The van der Waals surface area contributed by atoms with Crippen molar-refractivity contribution in [1.29, 1.82) is 0 Å². The van der Waals surface area contributed by atoms with Gasteiger partial charge in [-0.05, 0) is 30.3 Å². The summed E-state index contributed by atoms with van der Waals surface area (Å²) in [5, 5.41) is 8.45. The van der Waals surface area contributed by atoms with Crippen LogP contribution >= 0.6 is 0 Å². The molecule has 0 spiro atoms. The van der Waals surface area contributed by atoms with Gasteiger partial charge in [-0.25, -0.2) is 4.68 Å². The van der Waals surface area contributed by atoms with E-state index in [0.29, 0.717) is 18.0 Å². The van der Waals surface area contributed by atoms with Crippen molar-refractivity contribution in [3.63, 3.8) is 0 Å². The Balaban J connectivity index is 2.18. The minimum atomic E-state index is 0.302. The SMILES string of the molecule is COc1ccc(-c2c(CN)nnn2-c2ccccc2)cc1OC. The molecule has 1 aromatic heterocycles. The Bertz CT molecular complexity index is 800. The number of methoxy groups -OCH3 is 2. The number of hydrogen-bond donors (Lipinski definition) is 1. The van der Waals surface area contributed by atoms with E-state index in [1.807, 2.05) is 48.5 Å². The van der Waals surface area contributed by atoms with Crippen molar-refractivity contribution in [2.24, 2.45) is 5.73 Å². The first-order valence-electron chi connectivity index (χ1n) is 7.21. The molecular weight excluding hydrogens is 292 g/mol. The molecule has 23 heavy (non-hydrogen) atoms. The molecule has 2 aromatic carbocycles. The molecule has 0 radical (unpaired) electrons. The van der Waals surface area contributed by atoms with Crippen LogP contribution in [0.4, 0.5) is 0 Å². The van der Waals surface area contributed by atoms with Crippen LogP contribution in [0.3, 0.4) is 0 Å². The van der Waals surface area contributed by atoms with Gasteiger partial charge in [0.25, 0.3) is 0 Å². The molecule has 0 unspecified atom stereocenters. The van der Waals surface area contributed by atoms with Gasteiger partial charge >= 0.3 is 0 Å². The molecular formula is C17H18N4O2. The second-order valence-electron chi connectivity index (χ2n) is 4.91. The molecule has 3 rings (SSSR count). The standard InChI is InChI=1S/C17H18N4O2/c1-22-15-9-8-12(10-16(15)23-2)17-14(11-18)19-20-21(17)13-6-4-3-5-7-13/h3-10H,11,18H2,1-2H3. The zero-order valence-electron chi connectivity index (χ0n) is 13.1. The zero-order valence-corrected chi connectivity index (χ0v) is 13.1. The summed E-state index contributed by atoms with van der Waals surface area (Å²) in [5.74, 6) is 1.32. The van der Waals surface area contributed by atoms with Gasteiger partial charge in [-0.3, -0.25) is 0 Å². The summed E-state index contributed by atoms with van der Waals surface area (Å²) in [4.78, 5) is 0. The van der Waals surface area contributed by atoms with Gasteiger partial charge in [-0.1, -0.05) is 23.4 Å². The number of benzene rings is 2. The van der Waals surface area contributed by atoms with Gasteiger partial charge < -0.3 is 15.2 Å². The molecule has 0 atom stereocenters. The molecule has 0 saturated heterocycles. The summed E-state index contributed by atoms with van der Waals surface area (Å²) in [6.07, 6.45) is 0. The highest BCUT2D eigenvalue weighted by atomic mass is 16.5. The van der Waals surface area contributed by atoms with Crippen molar-refractivity contribution in [3.05, 3.63) is 54.2 Å². The van der Waals surface area contributed by atoms with Gasteiger partial charge in [0.15, 0.2) is 11.5 Å². The monoisotopic (exact) mass is 310 g/mol. The Morgan fingerprint density at radius 1 is 1.00 bits per heavy atom. The Kier molecular flexibility index (Phi) is 4.25. The molecule has 118 valence electrons. The summed E-state index contributed by atoms with van der Waals surface area (Å²) >= 11 is 0. The molecule has 0 saturated carbocycles. The van der Waals surface area contributed by atoms with Crippen molar-refractivity contribution in [3.8, 4) is 28.4 Å². The molecule has 0 aliphatic rings. The average molecular weight is 310 g/mol. The van der Waals surface area contributed by atoms with Crippen LogP contribution in [0.1, 0.15) is 5.69 Å². The van der Waals surface area contributed by atoms with E-state index in [1.54, 1.807) is 18.9 Å². The van der Waals surface area contributed by atoms with Gasteiger partial charge in [-0.2, -0.15) is 0 Å². The number of ether oxygens (including phenoxy) is 2. The van der Waals surface area contributed by atoms with Gasteiger partial charge in [0.2, 0.25) is 0 Å². The fourth-order valence-electron chi connectivity index (χ4n) is 2.47. The number of nitrogens with two attached hydrogens (primary N) is 1. The number of nitrogens with zero attached hydrogens (tertiary/aromatic N) is 3. The highest BCUT2D eigenvalue weighted by Crippen LogP contribution is 2.34. The molecule has 6 nitrogen and oxygen atoms in total. The van der Waals surface area contributed by atoms with E-state index in [-0.39, 0.29) is 0 Å². The van der Waals surface area contributed by atoms with E-state index in [0.717, 1.165) is 22.6 Å². The Morgan fingerprint density at radius 3 is 2.39 bits per heavy atom. The topological polar surface area (TPSA) is 75.2 Å². The average Bonchev–Trinajstić information content (AvgIpc) is 3.05. The number of hydrogen-bond acceptors (Lipinski definition) is 5. The van der Waals surface area contributed by atoms with Crippen LogP contribution < -0.4 is 15.2 Å². The lowest BCUT2D eigenvalue weighted by Gasteiger charge is -2.11.